The molecule has 2 N–H and O–H groups in total. The van der Waals surface area contributed by atoms with Gasteiger partial charge in [-0.2, -0.15) is 8.42 Å². The average molecular weight is 526 g/mol. The minimum atomic E-state index is -4.03. The molecule has 0 amide bonds. The Morgan fingerprint density at radius 1 is 0.892 bits per heavy atom. The van der Waals surface area contributed by atoms with Crippen LogP contribution in [0.1, 0.15) is 36.0 Å². The molecule has 196 valence electrons. The Balaban J connectivity index is 1.83. The highest BCUT2D eigenvalue weighted by atomic mass is 32.2. The first-order chi connectivity index (χ1) is 17.7. The zero-order valence-electron chi connectivity index (χ0n) is 20.8. The third-order valence-electron chi connectivity index (χ3n) is 5.74. The van der Waals surface area contributed by atoms with E-state index in [4.69, 9.17) is 19.4 Å². The van der Waals surface area contributed by atoms with Crippen LogP contribution in [-0.4, -0.2) is 33.5 Å². The van der Waals surface area contributed by atoms with Crippen molar-refractivity contribution in [1.82, 2.24) is 0 Å². The zero-order chi connectivity index (χ0) is 26.8. The van der Waals surface area contributed by atoms with Crippen molar-refractivity contribution in [2.75, 3.05) is 13.2 Å². The van der Waals surface area contributed by atoms with E-state index in [1.807, 2.05) is 37.3 Å². The van der Waals surface area contributed by atoms with Gasteiger partial charge in [-0.1, -0.05) is 60.2 Å². The minimum Gasteiger partial charge on any atom is -0.466 e. The van der Waals surface area contributed by atoms with Crippen molar-refractivity contribution in [3.63, 3.8) is 0 Å². The molecule has 0 aliphatic heterocycles. The van der Waals surface area contributed by atoms with Gasteiger partial charge in [0.25, 0.3) is 0 Å². The SMILES string of the molecule is CCOC(=O)CC(CN)C(C(=O)OCc1ccccc1)c1ccc(OS(=O)(=O)c2ccc(C)cc2)cc1. The predicted octanol–water partition coefficient (Wildman–Crippen LogP) is 4.12. The lowest BCUT2D eigenvalue weighted by atomic mass is 9.83. The van der Waals surface area contributed by atoms with E-state index in [0.717, 1.165) is 11.1 Å². The number of rotatable bonds is 12. The molecule has 3 aromatic rings. The fourth-order valence-corrected chi connectivity index (χ4v) is 4.73. The average Bonchev–Trinajstić information content (AvgIpc) is 2.89. The summed E-state index contributed by atoms with van der Waals surface area (Å²) in [6.07, 6.45) is -0.0739. The van der Waals surface area contributed by atoms with Gasteiger partial charge >= 0.3 is 22.1 Å². The molecule has 9 heteroatoms. The quantitative estimate of drug-likeness (QED) is 0.277. The second kappa shape index (κ2) is 13.0. The summed E-state index contributed by atoms with van der Waals surface area (Å²) >= 11 is 0. The van der Waals surface area contributed by atoms with Crippen molar-refractivity contribution < 1.29 is 31.7 Å². The van der Waals surface area contributed by atoms with Crippen LogP contribution in [-0.2, 0) is 35.8 Å². The summed E-state index contributed by atoms with van der Waals surface area (Å²) in [6, 6.07) is 21.6. The largest absolute Gasteiger partial charge is 0.466 e. The summed E-state index contributed by atoms with van der Waals surface area (Å²) < 4.78 is 41.2. The van der Waals surface area contributed by atoms with Crippen molar-refractivity contribution in [3.8, 4) is 5.75 Å². The molecular weight excluding hydrogens is 494 g/mol. The number of benzene rings is 3. The summed E-state index contributed by atoms with van der Waals surface area (Å²) in [5.41, 5.74) is 8.22. The molecule has 8 nitrogen and oxygen atoms in total. The van der Waals surface area contributed by atoms with Crippen molar-refractivity contribution in [2.24, 2.45) is 11.7 Å². The first kappa shape index (κ1) is 27.9. The number of aryl methyl sites for hydroxylation is 1. The fraction of sp³-hybridized carbons (Fsp3) is 0.286. The van der Waals surface area contributed by atoms with Crippen molar-refractivity contribution in [2.45, 2.75) is 37.7 Å². The summed E-state index contributed by atoms with van der Waals surface area (Å²) in [5.74, 6) is -2.41. The van der Waals surface area contributed by atoms with E-state index in [1.54, 1.807) is 31.2 Å². The molecule has 0 radical (unpaired) electrons. The summed E-state index contributed by atoms with van der Waals surface area (Å²) in [4.78, 5) is 25.5. The third kappa shape index (κ3) is 7.90. The molecule has 0 spiro atoms. The molecule has 0 aliphatic rings. The Bertz CT molecular complexity index is 1270. The highest BCUT2D eigenvalue weighted by Gasteiger charge is 2.33. The maximum Gasteiger partial charge on any atom is 0.339 e. The topological polar surface area (TPSA) is 122 Å². The molecule has 37 heavy (non-hydrogen) atoms. The normalized spacial score (nSPS) is 12.8. The molecule has 0 aliphatic carbocycles. The van der Waals surface area contributed by atoms with Gasteiger partial charge in [-0.3, -0.25) is 9.59 Å². The van der Waals surface area contributed by atoms with E-state index in [2.05, 4.69) is 0 Å². The monoisotopic (exact) mass is 525 g/mol. The van der Waals surface area contributed by atoms with Crippen LogP contribution in [0.3, 0.4) is 0 Å². The van der Waals surface area contributed by atoms with Crippen LogP contribution in [0.25, 0.3) is 0 Å². The van der Waals surface area contributed by atoms with Crippen molar-refractivity contribution in [3.05, 3.63) is 95.6 Å². The summed E-state index contributed by atoms with van der Waals surface area (Å²) in [6.45, 7) is 3.85. The Kier molecular flexibility index (Phi) is 9.82. The number of carbonyl (C=O) groups excluding carboxylic acids is 2. The second-order valence-electron chi connectivity index (χ2n) is 8.50. The fourth-order valence-electron chi connectivity index (χ4n) is 3.80. The molecule has 3 aromatic carbocycles. The Hall–Kier alpha value is -3.69. The molecule has 0 aromatic heterocycles. The summed E-state index contributed by atoms with van der Waals surface area (Å²) in [7, 11) is -4.03. The number of esters is 2. The van der Waals surface area contributed by atoms with E-state index in [1.165, 1.54) is 24.3 Å². The van der Waals surface area contributed by atoms with Gasteiger partial charge in [-0.25, -0.2) is 0 Å². The maximum atomic E-state index is 13.2. The van der Waals surface area contributed by atoms with E-state index in [9.17, 15) is 18.0 Å². The van der Waals surface area contributed by atoms with Gasteiger partial charge < -0.3 is 19.4 Å². The number of hydrogen-bond acceptors (Lipinski definition) is 8. The van der Waals surface area contributed by atoms with Crippen LogP contribution < -0.4 is 9.92 Å². The third-order valence-corrected chi connectivity index (χ3v) is 7.00. The zero-order valence-corrected chi connectivity index (χ0v) is 21.6. The van der Waals surface area contributed by atoms with Crippen molar-refractivity contribution in [1.29, 1.82) is 0 Å². The molecule has 0 heterocycles. The van der Waals surface area contributed by atoms with Gasteiger partial charge in [0, 0.05) is 0 Å². The van der Waals surface area contributed by atoms with E-state index < -0.39 is 33.9 Å². The van der Waals surface area contributed by atoms with E-state index in [-0.39, 0.29) is 36.8 Å². The number of ether oxygens (including phenoxy) is 2. The minimum absolute atomic E-state index is 0.0298. The molecule has 2 atom stereocenters. The molecule has 0 bridgehead atoms. The molecule has 0 fully saturated rings. The number of carbonyl (C=O) groups is 2. The predicted molar refractivity (Wildman–Crippen MR) is 138 cm³/mol. The van der Waals surface area contributed by atoms with Crippen LogP contribution in [0.2, 0.25) is 0 Å². The van der Waals surface area contributed by atoms with Crippen molar-refractivity contribution >= 4 is 22.1 Å². The number of nitrogens with two attached hydrogens (primary N) is 1. The van der Waals surface area contributed by atoms with Crippen LogP contribution in [0.15, 0.2) is 83.8 Å². The Labute approximate surface area is 217 Å². The van der Waals surface area contributed by atoms with Gasteiger partial charge in [0.1, 0.15) is 17.3 Å². The van der Waals surface area contributed by atoms with Crippen LogP contribution in [0.5, 0.6) is 5.75 Å². The highest BCUT2D eigenvalue weighted by Crippen LogP contribution is 2.31. The van der Waals surface area contributed by atoms with Gasteiger partial charge in [-0.15, -0.1) is 0 Å². The first-order valence-electron chi connectivity index (χ1n) is 11.9. The molecule has 0 saturated carbocycles. The lowest BCUT2D eigenvalue weighted by Gasteiger charge is -2.24. The first-order valence-corrected chi connectivity index (χ1v) is 13.3. The molecule has 2 unspecified atom stereocenters. The smallest absolute Gasteiger partial charge is 0.339 e. The van der Waals surface area contributed by atoms with E-state index in [0.29, 0.717) is 5.56 Å². The Morgan fingerprint density at radius 3 is 2.14 bits per heavy atom. The number of hydrogen-bond donors (Lipinski definition) is 1. The molecule has 3 rings (SSSR count). The lowest BCUT2D eigenvalue weighted by molar-refractivity contribution is -0.150. The highest BCUT2D eigenvalue weighted by molar-refractivity contribution is 7.87. The summed E-state index contributed by atoms with van der Waals surface area (Å²) in [5, 5.41) is 0. The molecular formula is C28H31NO7S. The maximum absolute atomic E-state index is 13.2. The van der Waals surface area contributed by atoms with Gasteiger partial charge in [0.15, 0.2) is 0 Å². The van der Waals surface area contributed by atoms with Gasteiger partial charge in [0.05, 0.1) is 18.9 Å². The van der Waals surface area contributed by atoms with Gasteiger partial charge in [0.2, 0.25) is 0 Å². The van der Waals surface area contributed by atoms with Crippen LogP contribution >= 0.6 is 0 Å². The standard InChI is InChI=1S/C28H31NO7S/c1-3-34-26(30)17-23(18-29)27(28(31)35-19-21-7-5-4-6-8-21)22-11-13-24(14-12-22)36-37(32,33)25-15-9-20(2)10-16-25/h4-16,23,27H,3,17-19,29H2,1-2H3. The molecule has 0 saturated heterocycles. The van der Waals surface area contributed by atoms with Crippen LogP contribution in [0, 0.1) is 12.8 Å². The van der Waals surface area contributed by atoms with E-state index >= 15 is 0 Å². The Morgan fingerprint density at radius 2 is 1.54 bits per heavy atom. The van der Waals surface area contributed by atoms with Crippen LogP contribution in [0.4, 0.5) is 0 Å². The van der Waals surface area contributed by atoms with Gasteiger partial charge in [-0.05, 0) is 61.7 Å². The second-order valence-corrected chi connectivity index (χ2v) is 10.0. The lowest BCUT2D eigenvalue weighted by Crippen LogP contribution is -2.31.